The third-order valence-electron chi connectivity index (χ3n) is 2.95. The van der Waals surface area contributed by atoms with E-state index in [1.54, 1.807) is 11.8 Å². The molecule has 0 bridgehead atoms. The van der Waals surface area contributed by atoms with Crippen LogP contribution in [0.4, 0.5) is 0 Å². The highest BCUT2D eigenvalue weighted by Gasteiger charge is 2.42. The first-order valence-corrected chi connectivity index (χ1v) is 8.02. The number of rotatable bonds is 5. The van der Waals surface area contributed by atoms with E-state index in [0.717, 1.165) is 12.8 Å². The Morgan fingerprint density at radius 3 is 2.71 bits per heavy atom. The zero-order chi connectivity index (χ0) is 12.5. The zero-order valence-electron chi connectivity index (χ0n) is 9.51. The molecule has 0 heterocycles. The van der Waals surface area contributed by atoms with Gasteiger partial charge < -0.3 is 5.11 Å². The molecule has 1 fully saturated rings. The molecular formula is C11H15NO3S2. The monoisotopic (exact) mass is 273 g/mol. The molecule has 1 aromatic carbocycles. The average Bonchev–Trinajstić information content (AvgIpc) is 3.07. The minimum absolute atomic E-state index is 0.0427. The number of thioether (sulfide) groups is 1. The molecule has 0 atom stereocenters. The summed E-state index contributed by atoms with van der Waals surface area (Å²) in [4.78, 5) is 0.106. The lowest BCUT2D eigenvalue weighted by molar-refractivity contribution is 0.473. The van der Waals surface area contributed by atoms with E-state index >= 15 is 0 Å². The summed E-state index contributed by atoms with van der Waals surface area (Å²) in [6.07, 6.45) is 4.10. The van der Waals surface area contributed by atoms with Crippen LogP contribution in [0.5, 0.6) is 5.75 Å². The highest BCUT2D eigenvalue weighted by atomic mass is 32.2. The Bertz CT molecular complexity index is 509. The van der Waals surface area contributed by atoms with Crippen molar-refractivity contribution < 1.29 is 13.5 Å². The molecule has 0 aromatic heterocycles. The Morgan fingerprint density at radius 2 is 2.18 bits per heavy atom. The van der Waals surface area contributed by atoms with Gasteiger partial charge in [-0.2, -0.15) is 11.8 Å². The van der Waals surface area contributed by atoms with Crippen molar-refractivity contribution in [2.75, 3.05) is 12.8 Å². The van der Waals surface area contributed by atoms with Crippen LogP contribution in [0.2, 0.25) is 0 Å². The molecule has 0 amide bonds. The lowest BCUT2D eigenvalue weighted by Crippen LogP contribution is -2.31. The minimum Gasteiger partial charge on any atom is -0.508 e. The minimum atomic E-state index is -3.51. The Labute approximate surface area is 105 Å². The number of phenols is 1. The van der Waals surface area contributed by atoms with E-state index in [9.17, 15) is 13.5 Å². The predicted molar refractivity (Wildman–Crippen MR) is 68.8 cm³/mol. The summed E-state index contributed by atoms with van der Waals surface area (Å²) in [6.45, 7) is 0.451. The Balaban J connectivity index is 2.09. The SMILES string of the molecule is CSC1(CNS(=O)(=O)c2cccc(O)c2)CC1. The number of hydrogen-bond acceptors (Lipinski definition) is 4. The van der Waals surface area contributed by atoms with Crippen LogP contribution in [-0.2, 0) is 10.0 Å². The van der Waals surface area contributed by atoms with Crippen molar-refractivity contribution in [3.63, 3.8) is 0 Å². The highest BCUT2D eigenvalue weighted by Crippen LogP contribution is 2.46. The molecule has 0 radical (unpaired) electrons. The normalized spacial score (nSPS) is 17.9. The van der Waals surface area contributed by atoms with Crippen molar-refractivity contribution >= 4 is 21.8 Å². The van der Waals surface area contributed by atoms with E-state index in [1.165, 1.54) is 24.3 Å². The maximum Gasteiger partial charge on any atom is 0.240 e. The van der Waals surface area contributed by atoms with Gasteiger partial charge in [-0.15, -0.1) is 0 Å². The van der Waals surface area contributed by atoms with Gasteiger partial charge in [-0.25, -0.2) is 13.1 Å². The summed E-state index contributed by atoms with van der Waals surface area (Å²) in [5.74, 6) is -0.0427. The second kappa shape index (κ2) is 4.51. The predicted octanol–water partition coefficient (Wildman–Crippen LogP) is 1.57. The van der Waals surface area contributed by atoms with E-state index in [2.05, 4.69) is 4.72 Å². The summed E-state index contributed by atoms with van der Waals surface area (Å²) in [5.41, 5.74) is 0. The number of sulfonamides is 1. The van der Waals surface area contributed by atoms with Crippen LogP contribution >= 0.6 is 11.8 Å². The fraction of sp³-hybridized carbons (Fsp3) is 0.455. The summed E-state index contributed by atoms with van der Waals surface area (Å²) < 4.78 is 26.6. The number of benzene rings is 1. The molecule has 6 heteroatoms. The average molecular weight is 273 g/mol. The smallest absolute Gasteiger partial charge is 0.240 e. The van der Waals surface area contributed by atoms with Gasteiger partial charge in [0.05, 0.1) is 4.90 Å². The van der Waals surface area contributed by atoms with Crippen molar-refractivity contribution in [3.8, 4) is 5.75 Å². The van der Waals surface area contributed by atoms with Crippen LogP contribution < -0.4 is 4.72 Å². The second-order valence-electron chi connectivity index (χ2n) is 4.21. The van der Waals surface area contributed by atoms with Gasteiger partial charge in [-0.05, 0) is 37.3 Å². The van der Waals surface area contributed by atoms with Crippen molar-refractivity contribution in [2.24, 2.45) is 0 Å². The zero-order valence-corrected chi connectivity index (χ0v) is 11.1. The Kier molecular flexibility index (Phi) is 3.38. The maximum absolute atomic E-state index is 11.9. The molecule has 0 unspecified atom stereocenters. The van der Waals surface area contributed by atoms with Crippen LogP contribution in [0.3, 0.4) is 0 Å². The largest absolute Gasteiger partial charge is 0.508 e. The standard InChI is InChI=1S/C11H15NO3S2/c1-16-11(5-6-11)8-12-17(14,15)10-4-2-3-9(13)7-10/h2-4,7,12-13H,5-6,8H2,1H3. The number of phenolic OH excluding ortho intramolecular Hbond substituents is 1. The second-order valence-corrected chi connectivity index (χ2v) is 7.25. The highest BCUT2D eigenvalue weighted by molar-refractivity contribution is 8.00. The third kappa shape index (κ3) is 2.94. The van der Waals surface area contributed by atoms with Gasteiger partial charge in [0.1, 0.15) is 5.75 Å². The quantitative estimate of drug-likeness (QED) is 0.854. The summed E-state index contributed by atoms with van der Waals surface area (Å²) in [6, 6.07) is 5.69. The summed E-state index contributed by atoms with van der Waals surface area (Å²) in [5, 5.41) is 9.27. The molecule has 94 valence electrons. The molecule has 1 aromatic rings. The van der Waals surface area contributed by atoms with Crippen LogP contribution in [0.15, 0.2) is 29.2 Å². The molecule has 1 aliphatic rings. The Hall–Kier alpha value is -0.720. The molecule has 2 N–H and O–H groups in total. The van der Waals surface area contributed by atoms with Gasteiger partial charge >= 0.3 is 0 Å². The number of nitrogens with one attached hydrogen (secondary N) is 1. The first-order valence-electron chi connectivity index (χ1n) is 5.31. The topological polar surface area (TPSA) is 66.4 Å². The molecule has 0 saturated heterocycles. The molecule has 0 aliphatic heterocycles. The molecule has 0 spiro atoms. The molecule has 4 nitrogen and oxygen atoms in total. The van der Waals surface area contributed by atoms with E-state index < -0.39 is 10.0 Å². The number of hydrogen-bond donors (Lipinski definition) is 2. The van der Waals surface area contributed by atoms with Gasteiger partial charge in [0, 0.05) is 11.3 Å². The third-order valence-corrected chi connectivity index (χ3v) is 5.77. The first-order chi connectivity index (χ1) is 7.97. The molecule has 2 rings (SSSR count). The number of aromatic hydroxyl groups is 1. The summed E-state index contributed by atoms with van der Waals surface area (Å²) >= 11 is 1.70. The van der Waals surface area contributed by atoms with Gasteiger partial charge in [-0.1, -0.05) is 6.07 Å². The van der Waals surface area contributed by atoms with Gasteiger partial charge in [0.2, 0.25) is 10.0 Å². The molecule has 17 heavy (non-hydrogen) atoms. The summed E-state index contributed by atoms with van der Waals surface area (Å²) in [7, 11) is -3.51. The maximum atomic E-state index is 11.9. The van der Waals surface area contributed by atoms with Crippen LogP contribution in [0, 0.1) is 0 Å². The van der Waals surface area contributed by atoms with E-state index in [4.69, 9.17) is 0 Å². The first kappa shape index (κ1) is 12.7. The van der Waals surface area contributed by atoms with Crippen LogP contribution in [-0.4, -0.2) is 31.1 Å². The lowest BCUT2D eigenvalue weighted by Gasteiger charge is -2.13. The van der Waals surface area contributed by atoms with E-state index in [0.29, 0.717) is 6.54 Å². The molecular weight excluding hydrogens is 258 g/mol. The lowest BCUT2D eigenvalue weighted by atomic mass is 10.3. The van der Waals surface area contributed by atoms with E-state index in [1.807, 2.05) is 6.26 Å². The van der Waals surface area contributed by atoms with Gasteiger partial charge in [0.15, 0.2) is 0 Å². The van der Waals surface area contributed by atoms with Crippen LogP contribution in [0.25, 0.3) is 0 Å². The van der Waals surface area contributed by atoms with Crippen molar-refractivity contribution in [1.29, 1.82) is 0 Å². The fourth-order valence-electron chi connectivity index (χ4n) is 1.55. The molecule has 1 saturated carbocycles. The van der Waals surface area contributed by atoms with Crippen molar-refractivity contribution in [2.45, 2.75) is 22.5 Å². The van der Waals surface area contributed by atoms with E-state index in [-0.39, 0.29) is 15.4 Å². The van der Waals surface area contributed by atoms with Crippen LogP contribution in [0.1, 0.15) is 12.8 Å². The van der Waals surface area contributed by atoms with Gasteiger partial charge in [-0.3, -0.25) is 0 Å². The Morgan fingerprint density at radius 1 is 1.47 bits per heavy atom. The van der Waals surface area contributed by atoms with Crippen molar-refractivity contribution in [3.05, 3.63) is 24.3 Å². The van der Waals surface area contributed by atoms with Crippen molar-refractivity contribution in [1.82, 2.24) is 4.72 Å². The van der Waals surface area contributed by atoms with Gasteiger partial charge in [0.25, 0.3) is 0 Å². The molecule has 1 aliphatic carbocycles. The fourth-order valence-corrected chi connectivity index (χ4v) is 3.54.